The van der Waals surface area contributed by atoms with Crippen LogP contribution in [0.2, 0.25) is 0 Å². The summed E-state index contributed by atoms with van der Waals surface area (Å²) in [5.41, 5.74) is 2.09. The smallest absolute Gasteiger partial charge is 0.251 e. The standard InChI is InChI=1S/C26H26N2O2/c29-25-18-24(27-15-13-20(14-16-27)17-19-7-2-1-3-8-19)26(30)28(25)23-12-6-10-21-9-4-5-11-22(21)23/h1-12,20,24H,13-18H2. The predicted octanol–water partition coefficient (Wildman–Crippen LogP) is 4.43. The molecule has 4 nitrogen and oxygen atoms in total. The van der Waals surface area contributed by atoms with Crippen molar-refractivity contribution in [1.29, 1.82) is 0 Å². The molecule has 0 aliphatic carbocycles. The zero-order chi connectivity index (χ0) is 20.5. The van der Waals surface area contributed by atoms with Crippen LogP contribution in [0.25, 0.3) is 10.8 Å². The molecule has 5 rings (SSSR count). The van der Waals surface area contributed by atoms with Crippen LogP contribution in [0.5, 0.6) is 0 Å². The Labute approximate surface area is 177 Å². The minimum Gasteiger partial charge on any atom is -0.292 e. The van der Waals surface area contributed by atoms with Crippen molar-refractivity contribution in [2.24, 2.45) is 5.92 Å². The van der Waals surface area contributed by atoms with Gasteiger partial charge in [0.25, 0.3) is 5.91 Å². The molecule has 2 aliphatic rings. The summed E-state index contributed by atoms with van der Waals surface area (Å²) < 4.78 is 0. The van der Waals surface area contributed by atoms with Gasteiger partial charge >= 0.3 is 0 Å². The minimum atomic E-state index is -0.325. The van der Waals surface area contributed by atoms with Crippen LogP contribution in [0.4, 0.5) is 5.69 Å². The van der Waals surface area contributed by atoms with Gasteiger partial charge in [-0.1, -0.05) is 66.7 Å². The monoisotopic (exact) mass is 398 g/mol. The highest BCUT2D eigenvalue weighted by Crippen LogP contribution is 2.33. The number of anilines is 1. The molecule has 0 radical (unpaired) electrons. The fourth-order valence-electron chi connectivity index (χ4n) is 4.97. The summed E-state index contributed by atoms with van der Waals surface area (Å²) >= 11 is 0. The fraction of sp³-hybridized carbons (Fsp3) is 0.308. The van der Waals surface area contributed by atoms with Gasteiger partial charge in [-0.05, 0) is 55.3 Å². The van der Waals surface area contributed by atoms with E-state index in [1.54, 1.807) is 0 Å². The highest BCUT2D eigenvalue weighted by atomic mass is 16.2. The van der Waals surface area contributed by atoms with Crippen molar-refractivity contribution in [1.82, 2.24) is 4.90 Å². The lowest BCUT2D eigenvalue weighted by Crippen LogP contribution is -2.46. The van der Waals surface area contributed by atoms with E-state index < -0.39 is 0 Å². The molecule has 152 valence electrons. The molecular weight excluding hydrogens is 372 g/mol. The number of hydrogen-bond acceptors (Lipinski definition) is 3. The third kappa shape index (κ3) is 3.52. The Morgan fingerprint density at radius 2 is 1.50 bits per heavy atom. The molecule has 3 aromatic carbocycles. The molecule has 0 saturated carbocycles. The highest BCUT2D eigenvalue weighted by molar-refractivity contribution is 6.25. The van der Waals surface area contributed by atoms with Crippen LogP contribution < -0.4 is 4.90 Å². The van der Waals surface area contributed by atoms with Gasteiger partial charge < -0.3 is 0 Å². The van der Waals surface area contributed by atoms with Gasteiger partial charge in [0.15, 0.2) is 0 Å². The lowest BCUT2D eigenvalue weighted by Gasteiger charge is -2.34. The van der Waals surface area contributed by atoms with Crippen LogP contribution in [-0.2, 0) is 16.0 Å². The van der Waals surface area contributed by atoms with Crippen LogP contribution in [0.3, 0.4) is 0 Å². The molecular formula is C26H26N2O2. The Balaban J connectivity index is 1.29. The highest BCUT2D eigenvalue weighted by Gasteiger charge is 2.43. The number of rotatable bonds is 4. The molecule has 30 heavy (non-hydrogen) atoms. The molecule has 0 spiro atoms. The molecule has 1 atom stereocenters. The number of hydrogen-bond donors (Lipinski definition) is 0. The Morgan fingerprint density at radius 3 is 2.30 bits per heavy atom. The summed E-state index contributed by atoms with van der Waals surface area (Å²) in [6, 6.07) is 24.0. The second-order valence-corrected chi connectivity index (χ2v) is 8.45. The summed E-state index contributed by atoms with van der Waals surface area (Å²) in [4.78, 5) is 29.8. The number of carbonyl (C=O) groups is 2. The maximum Gasteiger partial charge on any atom is 0.251 e. The topological polar surface area (TPSA) is 40.6 Å². The van der Waals surface area contributed by atoms with Crippen LogP contribution in [-0.4, -0.2) is 35.8 Å². The molecule has 0 bridgehead atoms. The first-order chi connectivity index (χ1) is 14.7. The Hall–Kier alpha value is -2.98. The third-order valence-corrected chi connectivity index (χ3v) is 6.59. The first kappa shape index (κ1) is 19.0. The van der Waals surface area contributed by atoms with Gasteiger partial charge in [-0.3, -0.25) is 14.5 Å². The van der Waals surface area contributed by atoms with Crippen LogP contribution in [0.1, 0.15) is 24.8 Å². The van der Waals surface area contributed by atoms with E-state index in [9.17, 15) is 9.59 Å². The zero-order valence-corrected chi connectivity index (χ0v) is 17.0. The van der Waals surface area contributed by atoms with Crippen molar-refractivity contribution < 1.29 is 9.59 Å². The number of imide groups is 1. The lowest BCUT2D eigenvalue weighted by molar-refractivity contribution is -0.123. The van der Waals surface area contributed by atoms with Crippen LogP contribution >= 0.6 is 0 Å². The summed E-state index contributed by atoms with van der Waals surface area (Å²) in [7, 11) is 0. The maximum absolute atomic E-state index is 13.3. The van der Waals surface area contributed by atoms with Crippen molar-refractivity contribution in [3.05, 3.63) is 78.4 Å². The van der Waals surface area contributed by atoms with Gasteiger partial charge in [-0.2, -0.15) is 0 Å². The molecule has 2 fully saturated rings. The molecule has 0 aromatic heterocycles. The molecule has 2 aliphatic heterocycles. The zero-order valence-electron chi connectivity index (χ0n) is 17.0. The van der Waals surface area contributed by atoms with E-state index >= 15 is 0 Å². The van der Waals surface area contributed by atoms with Crippen molar-refractivity contribution >= 4 is 28.3 Å². The van der Waals surface area contributed by atoms with Crippen molar-refractivity contribution in [2.75, 3.05) is 18.0 Å². The molecule has 4 heteroatoms. The average Bonchev–Trinajstić information content (AvgIpc) is 3.08. The molecule has 2 amide bonds. The third-order valence-electron chi connectivity index (χ3n) is 6.59. The van der Waals surface area contributed by atoms with Gasteiger partial charge in [0, 0.05) is 5.39 Å². The number of benzene rings is 3. The summed E-state index contributed by atoms with van der Waals surface area (Å²) in [6.07, 6.45) is 3.52. The van der Waals surface area contributed by atoms with Crippen molar-refractivity contribution in [3.8, 4) is 0 Å². The molecule has 2 heterocycles. The lowest BCUT2D eigenvalue weighted by atomic mass is 9.89. The van der Waals surface area contributed by atoms with Crippen molar-refractivity contribution in [2.45, 2.75) is 31.7 Å². The van der Waals surface area contributed by atoms with E-state index in [0.717, 1.165) is 43.1 Å². The normalized spacial score (nSPS) is 20.9. The van der Waals surface area contributed by atoms with E-state index in [-0.39, 0.29) is 24.3 Å². The number of carbonyl (C=O) groups excluding carboxylic acids is 2. The number of amides is 2. The van der Waals surface area contributed by atoms with E-state index in [2.05, 4.69) is 35.2 Å². The Kier molecular flexibility index (Phi) is 5.09. The maximum atomic E-state index is 13.3. The quantitative estimate of drug-likeness (QED) is 0.611. The summed E-state index contributed by atoms with van der Waals surface area (Å²) in [6.45, 7) is 1.76. The van der Waals surface area contributed by atoms with Gasteiger partial charge in [0.1, 0.15) is 0 Å². The Morgan fingerprint density at radius 1 is 0.800 bits per heavy atom. The summed E-state index contributed by atoms with van der Waals surface area (Å²) in [5.74, 6) is 0.482. The molecule has 0 N–H and O–H groups in total. The number of nitrogens with zero attached hydrogens (tertiary/aromatic N) is 2. The van der Waals surface area contributed by atoms with E-state index in [1.807, 2.05) is 42.5 Å². The van der Waals surface area contributed by atoms with Gasteiger partial charge in [-0.25, -0.2) is 4.90 Å². The largest absolute Gasteiger partial charge is 0.292 e. The molecule has 1 unspecified atom stereocenters. The van der Waals surface area contributed by atoms with Gasteiger partial charge in [0.05, 0.1) is 18.2 Å². The van der Waals surface area contributed by atoms with Crippen LogP contribution in [0, 0.1) is 5.92 Å². The van der Waals surface area contributed by atoms with E-state index in [1.165, 1.54) is 10.5 Å². The van der Waals surface area contributed by atoms with Gasteiger partial charge in [-0.15, -0.1) is 0 Å². The van der Waals surface area contributed by atoms with E-state index in [0.29, 0.717) is 11.6 Å². The second-order valence-electron chi connectivity index (χ2n) is 8.45. The SMILES string of the molecule is O=C1CC(N2CCC(Cc3ccccc3)CC2)C(=O)N1c1cccc2ccccc12. The summed E-state index contributed by atoms with van der Waals surface area (Å²) in [5, 5.41) is 1.99. The second kappa shape index (κ2) is 8.04. The minimum absolute atomic E-state index is 0.0714. The number of fused-ring (bicyclic) bond motifs is 1. The van der Waals surface area contributed by atoms with Gasteiger partial charge in [0.2, 0.25) is 5.91 Å². The first-order valence-corrected chi connectivity index (χ1v) is 10.8. The first-order valence-electron chi connectivity index (χ1n) is 10.8. The molecule has 2 saturated heterocycles. The number of piperidine rings is 1. The predicted molar refractivity (Wildman–Crippen MR) is 119 cm³/mol. The average molecular weight is 399 g/mol. The fourth-order valence-corrected chi connectivity index (χ4v) is 4.97. The van der Waals surface area contributed by atoms with E-state index in [4.69, 9.17) is 0 Å². The molecule has 3 aromatic rings. The van der Waals surface area contributed by atoms with Crippen LogP contribution in [0.15, 0.2) is 72.8 Å². The Bertz CT molecular complexity index is 1070. The number of likely N-dealkylation sites (tertiary alicyclic amines) is 1. The van der Waals surface area contributed by atoms with Crippen molar-refractivity contribution in [3.63, 3.8) is 0 Å².